The molecule has 3 rings (SSSR count). The summed E-state index contributed by atoms with van der Waals surface area (Å²) < 4.78 is 0. The van der Waals surface area contributed by atoms with Crippen LogP contribution in [0.15, 0.2) is 53.5 Å². The minimum absolute atomic E-state index is 0.271. The fourth-order valence-corrected chi connectivity index (χ4v) is 2.54. The van der Waals surface area contributed by atoms with Crippen LogP contribution >= 0.6 is 0 Å². The number of nitrogens with zero attached hydrogens (tertiary/aromatic N) is 2. The van der Waals surface area contributed by atoms with E-state index in [9.17, 15) is 9.59 Å². The van der Waals surface area contributed by atoms with Gasteiger partial charge in [0, 0.05) is 18.8 Å². The van der Waals surface area contributed by atoms with E-state index in [1.165, 1.54) is 4.90 Å². The molecule has 0 bridgehead atoms. The van der Waals surface area contributed by atoms with Gasteiger partial charge in [0.15, 0.2) is 0 Å². The summed E-state index contributed by atoms with van der Waals surface area (Å²) in [6.45, 7) is 0. The van der Waals surface area contributed by atoms with Crippen LogP contribution in [-0.4, -0.2) is 31.7 Å². The van der Waals surface area contributed by atoms with Crippen LogP contribution in [0, 0.1) is 0 Å². The Labute approximate surface area is 128 Å². The molecule has 1 heterocycles. The van der Waals surface area contributed by atoms with E-state index < -0.39 is 6.17 Å². The van der Waals surface area contributed by atoms with Gasteiger partial charge in [-0.1, -0.05) is 42.5 Å². The van der Waals surface area contributed by atoms with Crippen LogP contribution in [0.25, 0.3) is 11.1 Å². The van der Waals surface area contributed by atoms with E-state index in [4.69, 9.17) is 0 Å². The van der Waals surface area contributed by atoms with Gasteiger partial charge in [0.25, 0.3) is 5.91 Å². The van der Waals surface area contributed by atoms with Gasteiger partial charge in [-0.15, -0.1) is 0 Å². The number of nitrogens with one attached hydrogen (secondary N) is 1. The van der Waals surface area contributed by atoms with Crippen molar-refractivity contribution in [3.63, 3.8) is 0 Å². The molecule has 1 aliphatic heterocycles. The number of fused-ring (bicyclic) bond motifs is 1. The Hall–Kier alpha value is -2.95. The first-order valence-corrected chi connectivity index (χ1v) is 6.91. The molecule has 0 fully saturated rings. The monoisotopic (exact) mass is 293 g/mol. The number of rotatable bonds is 3. The van der Waals surface area contributed by atoms with E-state index in [-0.39, 0.29) is 5.91 Å². The third kappa shape index (κ3) is 2.37. The zero-order valence-electron chi connectivity index (χ0n) is 12.1. The Bertz CT molecular complexity index is 741. The average Bonchev–Trinajstić information content (AvgIpc) is 2.68. The molecule has 2 aromatic rings. The number of carbonyl (C=O) groups excluding carboxylic acids is 2. The van der Waals surface area contributed by atoms with Crippen molar-refractivity contribution >= 4 is 24.2 Å². The molecule has 0 saturated carbocycles. The number of benzene rings is 2. The van der Waals surface area contributed by atoms with Crippen molar-refractivity contribution < 1.29 is 9.59 Å². The van der Waals surface area contributed by atoms with Gasteiger partial charge >= 0.3 is 0 Å². The minimum atomic E-state index is -0.890. The number of aliphatic imine (C=N–C) groups is 1. The molecule has 2 amide bonds. The van der Waals surface area contributed by atoms with Gasteiger partial charge in [0.1, 0.15) is 0 Å². The highest BCUT2D eigenvalue weighted by molar-refractivity contribution is 6.08. The molecule has 0 radical (unpaired) electrons. The van der Waals surface area contributed by atoms with Crippen LogP contribution < -0.4 is 10.2 Å². The Morgan fingerprint density at radius 1 is 1.14 bits per heavy atom. The van der Waals surface area contributed by atoms with E-state index in [2.05, 4.69) is 10.3 Å². The first kappa shape index (κ1) is 14.0. The molecule has 110 valence electrons. The van der Waals surface area contributed by atoms with E-state index in [1.54, 1.807) is 13.3 Å². The number of anilines is 1. The molecule has 22 heavy (non-hydrogen) atoms. The minimum Gasteiger partial charge on any atom is -0.329 e. The molecule has 5 nitrogen and oxygen atoms in total. The second kappa shape index (κ2) is 5.81. The molecule has 1 atom stereocenters. The highest BCUT2D eigenvalue weighted by atomic mass is 16.2. The summed E-state index contributed by atoms with van der Waals surface area (Å²) in [7, 11) is 1.68. The standard InChI is InChI=1S/C17H15N3O2/c1-20-15-9-5-8-13(12-6-3-2-4-7-12)14(15)10-18-16(17(20)22)19-11-21/h2-11,16H,1H3,(H,19,21). The lowest BCUT2D eigenvalue weighted by atomic mass is 9.98. The topological polar surface area (TPSA) is 61.8 Å². The van der Waals surface area contributed by atoms with Gasteiger partial charge in [-0.05, 0) is 17.2 Å². The second-order valence-electron chi connectivity index (χ2n) is 4.97. The number of hydrogen-bond acceptors (Lipinski definition) is 3. The molecular weight excluding hydrogens is 278 g/mol. The van der Waals surface area contributed by atoms with E-state index in [1.807, 2.05) is 48.5 Å². The Morgan fingerprint density at radius 2 is 1.91 bits per heavy atom. The van der Waals surface area contributed by atoms with Crippen molar-refractivity contribution in [2.45, 2.75) is 6.17 Å². The van der Waals surface area contributed by atoms with Crippen LogP contribution in [-0.2, 0) is 9.59 Å². The van der Waals surface area contributed by atoms with Crippen molar-refractivity contribution in [2.75, 3.05) is 11.9 Å². The van der Waals surface area contributed by atoms with E-state index >= 15 is 0 Å². The lowest BCUT2D eigenvalue weighted by Gasteiger charge is -2.21. The molecule has 0 aromatic heterocycles. The van der Waals surface area contributed by atoms with Crippen molar-refractivity contribution in [1.29, 1.82) is 0 Å². The van der Waals surface area contributed by atoms with Crippen LogP contribution in [0.5, 0.6) is 0 Å². The summed E-state index contributed by atoms with van der Waals surface area (Å²) in [4.78, 5) is 28.7. The average molecular weight is 293 g/mol. The summed E-state index contributed by atoms with van der Waals surface area (Å²) >= 11 is 0. The third-order valence-electron chi connectivity index (χ3n) is 3.67. The van der Waals surface area contributed by atoms with Crippen LogP contribution in [0.4, 0.5) is 5.69 Å². The van der Waals surface area contributed by atoms with Crippen molar-refractivity contribution in [3.05, 3.63) is 54.1 Å². The maximum Gasteiger partial charge on any atom is 0.271 e. The van der Waals surface area contributed by atoms with Gasteiger partial charge in [-0.3, -0.25) is 14.6 Å². The molecular formula is C17H15N3O2. The lowest BCUT2D eigenvalue weighted by Crippen LogP contribution is -2.42. The Morgan fingerprint density at radius 3 is 2.64 bits per heavy atom. The molecule has 1 aliphatic rings. The van der Waals surface area contributed by atoms with Crippen LogP contribution in [0.3, 0.4) is 0 Å². The summed E-state index contributed by atoms with van der Waals surface area (Å²) in [5.74, 6) is -0.271. The van der Waals surface area contributed by atoms with Crippen molar-refractivity contribution in [1.82, 2.24) is 5.32 Å². The first-order valence-electron chi connectivity index (χ1n) is 6.91. The molecule has 1 unspecified atom stereocenters. The van der Waals surface area contributed by atoms with E-state index in [0.717, 1.165) is 22.4 Å². The number of amides is 2. The zero-order chi connectivity index (χ0) is 15.5. The molecule has 2 aromatic carbocycles. The molecule has 1 N–H and O–H groups in total. The highest BCUT2D eigenvalue weighted by Crippen LogP contribution is 2.31. The van der Waals surface area contributed by atoms with Crippen molar-refractivity contribution in [3.8, 4) is 11.1 Å². The predicted molar refractivity (Wildman–Crippen MR) is 85.9 cm³/mol. The van der Waals surface area contributed by atoms with Gasteiger partial charge < -0.3 is 10.2 Å². The quantitative estimate of drug-likeness (QED) is 0.877. The summed E-state index contributed by atoms with van der Waals surface area (Å²) in [5.41, 5.74) is 3.67. The first-order chi connectivity index (χ1) is 10.7. The predicted octanol–water partition coefficient (Wildman–Crippen LogP) is 1.82. The van der Waals surface area contributed by atoms with Crippen LogP contribution in [0.2, 0.25) is 0 Å². The summed E-state index contributed by atoms with van der Waals surface area (Å²) in [6, 6.07) is 15.7. The normalized spacial score (nSPS) is 16.9. The number of carbonyl (C=O) groups is 2. The SMILES string of the molecule is CN1C(=O)C(NC=O)N=Cc2c(-c3ccccc3)cccc21. The highest BCUT2D eigenvalue weighted by Gasteiger charge is 2.26. The van der Waals surface area contributed by atoms with Gasteiger partial charge in [0.2, 0.25) is 12.6 Å². The third-order valence-corrected chi connectivity index (χ3v) is 3.67. The summed E-state index contributed by atoms with van der Waals surface area (Å²) in [6.07, 6.45) is 1.25. The smallest absolute Gasteiger partial charge is 0.271 e. The fourth-order valence-electron chi connectivity index (χ4n) is 2.54. The van der Waals surface area contributed by atoms with Gasteiger partial charge in [0.05, 0.1) is 5.69 Å². The molecule has 0 saturated heterocycles. The summed E-state index contributed by atoms with van der Waals surface area (Å²) in [5, 5.41) is 2.43. The molecule has 0 aliphatic carbocycles. The Balaban J connectivity index is 2.15. The Kier molecular flexibility index (Phi) is 3.70. The lowest BCUT2D eigenvalue weighted by molar-refractivity contribution is -0.122. The van der Waals surface area contributed by atoms with Gasteiger partial charge in [-0.2, -0.15) is 0 Å². The second-order valence-corrected chi connectivity index (χ2v) is 4.97. The molecule has 5 heteroatoms. The number of benzodiazepines with no additional fused rings is 1. The van der Waals surface area contributed by atoms with Gasteiger partial charge in [-0.25, -0.2) is 0 Å². The molecule has 0 spiro atoms. The van der Waals surface area contributed by atoms with Crippen molar-refractivity contribution in [2.24, 2.45) is 4.99 Å². The van der Waals surface area contributed by atoms with E-state index in [0.29, 0.717) is 6.41 Å². The fraction of sp³-hybridized carbons (Fsp3) is 0.118. The van der Waals surface area contributed by atoms with Crippen LogP contribution in [0.1, 0.15) is 5.56 Å². The number of hydrogen-bond donors (Lipinski definition) is 1. The largest absolute Gasteiger partial charge is 0.329 e. The number of likely N-dealkylation sites (N-methyl/N-ethyl adjacent to an activating group) is 1. The maximum atomic E-state index is 12.3. The zero-order valence-corrected chi connectivity index (χ0v) is 12.1. The maximum absolute atomic E-state index is 12.3.